The third-order valence-corrected chi connectivity index (χ3v) is 12.9. The van der Waals surface area contributed by atoms with Gasteiger partial charge in [-0.25, -0.2) is 0 Å². The Morgan fingerprint density at radius 2 is 1.69 bits per heavy atom. The lowest BCUT2D eigenvalue weighted by Gasteiger charge is -2.70. The molecule has 5 aliphatic rings. The van der Waals surface area contributed by atoms with Gasteiger partial charge in [-0.1, -0.05) is 78.7 Å². The summed E-state index contributed by atoms with van der Waals surface area (Å²) in [6.07, 6.45) is 9.27. The van der Waals surface area contributed by atoms with E-state index in [0.29, 0.717) is 29.6 Å². The van der Waals surface area contributed by atoms with E-state index in [9.17, 15) is 15.0 Å². The van der Waals surface area contributed by atoms with Crippen LogP contribution in [0.3, 0.4) is 0 Å². The molecule has 36 heavy (non-hydrogen) atoms. The van der Waals surface area contributed by atoms with Crippen molar-refractivity contribution in [2.75, 3.05) is 0 Å². The lowest BCUT2D eigenvalue weighted by atomic mass is 9.34. The molecule has 2 N–H and O–H groups in total. The van der Waals surface area contributed by atoms with Gasteiger partial charge in [-0.2, -0.15) is 0 Å². The molecule has 0 aliphatic heterocycles. The van der Waals surface area contributed by atoms with Crippen LogP contribution in [-0.4, -0.2) is 34.5 Å². The second-order valence-corrected chi connectivity index (χ2v) is 15.1. The van der Waals surface area contributed by atoms with Crippen molar-refractivity contribution >= 4 is 5.97 Å². The van der Waals surface area contributed by atoms with Gasteiger partial charge in [-0.15, -0.1) is 0 Å². The second kappa shape index (κ2) is 7.94. The fourth-order valence-corrected chi connectivity index (χ4v) is 10.7. The van der Waals surface area contributed by atoms with Crippen LogP contribution >= 0.6 is 0 Å². The zero-order chi connectivity index (χ0) is 26.6. The maximum absolute atomic E-state index is 12.1. The van der Waals surface area contributed by atoms with E-state index in [1.165, 1.54) is 37.3 Å². The monoisotopic (exact) mass is 498 g/mol. The quantitative estimate of drug-likeness (QED) is 0.322. The Bertz CT molecular complexity index is 1010. The summed E-state index contributed by atoms with van der Waals surface area (Å²) in [7, 11) is 0. The van der Waals surface area contributed by atoms with E-state index in [1.807, 2.05) is 0 Å². The maximum Gasteiger partial charge on any atom is 0.302 e. The molecular formula is C32H50O4. The van der Waals surface area contributed by atoms with Crippen molar-refractivity contribution in [2.24, 2.45) is 50.7 Å². The van der Waals surface area contributed by atoms with Crippen LogP contribution in [0.4, 0.5) is 0 Å². The summed E-state index contributed by atoms with van der Waals surface area (Å²) >= 11 is 0. The summed E-state index contributed by atoms with van der Waals surface area (Å²) in [5.74, 6) is 1.49. The molecule has 11 atom stereocenters. The highest BCUT2D eigenvalue weighted by Crippen LogP contribution is 2.74. The van der Waals surface area contributed by atoms with Crippen molar-refractivity contribution in [2.45, 2.75) is 119 Å². The van der Waals surface area contributed by atoms with E-state index in [2.05, 4.69) is 67.5 Å². The highest BCUT2D eigenvalue weighted by Gasteiger charge is 2.69. The Morgan fingerprint density at radius 1 is 1.03 bits per heavy atom. The first-order valence-corrected chi connectivity index (χ1v) is 14.5. The molecule has 0 saturated heterocycles. The lowest BCUT2D eigenvalue weighted by molar-refractivity contribution is -0.186. The van der Waals surface area contributed by atoms with Crippen molar-refractivity contribution in [3.05, 3.63) is 23.3 Å². The summed E-state index contributed by atoms with van der Waals surface area (Å²) in [5.41, 5.74) is 2.06. The zero-order valence-corrected chi connectivity index (χ0v) is 24.1. The van der Waals surface area contributed by atoms with Crippen LogP contribution in [0.5, 0.6) is 0 Å². The van der Waals surface area contributed by atoms with Crippen LogP contribution in [0.1, 0.15) is 101 Å². The second-order valence-electron chi connectivity index (χ2n) is 15.1. The van der Waals surface area contributed by atoms with E-state index in [1.54, 1.807) is 0 Å². The molecule has 0 radical (unpaired) electrons. The van der Waals surface area contributed by atoms with Gasteiger partial charge >= 0.3 is 5.97 Å². The minimum Gasteiger partial charge on any atom is -0.460 e. The van der Waals surface area contributed by atoms with E-state index in [4.69, 9.17) is 4.74 Å². The normalized spacial score (nSPS) is 53.6. The zero-order valence-electron chi connectivity index (χ0n) is 24.1. The van der Waals surface area contributed by atoms with Gasteiger partial charge in [0.1, 0.15) is 6.10 Å². The van der Waals surface area contributed by atoms with Gasteiger partial charge in [0.05, 0.1) is 12.2 Å². The number of hydrogen-bond donors (Lipinski definition) is 2. The molecule has 4 heteroatoms. The van der Waals surface area contributed by atoms with Gasteiger partial charge in [-0.3, -0.25) is 4.79 Å². The summed E-state index contributed by atoms with van der Waals surface area (Å²) in [5, 5.41) is 23.4. The number of fused-ring (bicyclic) bond motifs is 7. The number of carbonyl (C=O) groups excluding carboxylic acids is 1. The molecule has 3 fully saturated rings. The molecule has 3 saturated carbocycles. The number of aliphatic hydroxyl groups excluding tert-OH is 2. The third kappa shape index (κ3) is 3.22. The van der Waals surface area contributed by atoms with Crippen molar-refractivity contribution < 1.29 is 19.7 Å². The third-order valence-electron chi connectivity index (χ3n) is 12.9. The predicted octanol–water partition coefficient (Wildman–Crippen LogP) is 6.46. The highest BCUT2D eigenvalue weighted by molar-refractivity contribution is 5.66. The molecular weight excluding hydrogens is 448 g/mol. The molecule has 0 bridgehead atoms. The van der Waals surface area contributed by atoms with Crippen LogP contribution in [0.2, 0.25) is 0 Å². The molecule has 202 valence electrons. The van der Waals surface area contributed by atoms with Crippen molar-refractivity contribution in [1.29, 1.82) is 0 Å². The van der Waals surface area contributed by atoms with Crippen LogP contribution < -0.4 is 0 Å². The molecule has 11 unspecified atom stereocenters. The Hall–Kier alpha value is -1.13. The Balaban J connectivity index is 1.65. The number of hydrogen-bond acceptors (Lipinski definition) is 4. The maximum atomic E-state index is 12.1. The molecule has 5 rings (SSSR count). The summed E-state index contributed by atoms with van der Waals surface area (Å²) in [6, 6.07) is 0. The standard InChI is InChI=1S/C32H50O4/c1-18-10-12-29(6)14-15-31(8)21(25(29)19(18)2)16-22(34)26-30(7)17-23(36-20(3)33)27(35)28(4,5)24(30)11-13-32(26,31)9/h11,16,18-19,22-23,25-27,34-35H,10,12-15,17H2,1-9H3. The molecule has 0 aromatic carbocycles. The minimum atomic E-state index is -0.757. The van der Waals surface area contributed by atoms with Crippen molar-refractivity contribution in [1.82, 2.24) is 0 Å². The fraction of sp³-hybridized carbons (Fsp3) is 0.844. The minimum absolute atomic E-state index is 0.00394. The number of carbonyl (C=O) groups is 1. The highest BCUT2D eigenvalue weighted by atomic mass is 16.6. The van der Waals surface area contributed by atoms with E-state index in [-0.39, 0.29) is 28.1 Å². The Labute approximate surface area is 219 Å². The number of allylic oxidation sites excluding steroid dienone is 2. The van der Waals surface area contributed by atoms with Crippen molar-refractivity contribution in [3.63, 3.8) is 0 Å². The molecule has 0 heterocycles. The number of aliphatic hydroxyl groups is 2. The SMILES string of the molecule is CC(=O)OC1CC2(C)C(=CCC3(C)C2C(O)C=C2C4C(C)C(C)CCC4(C)CCC23C)C(C)(C)C1O. The molecule has 4 nitrogen and oxygen atoms in total. The van der Waals surface area contributed by atoms with Crippen LogP contribution in [0, 0.1) is 50.7 Å². The van der Waals surface area contributed by atoms with Gasteiger partial charge in [-0.05, 0) is 77.9 Å². The number of esters is 1. The van der Waals surface area contributed by atoms with E-state index in [0.717, 1.165) is 12.8 Å². The molecule has 0 aromatic rings. The van der Waals surface area contributed by atoms with Gasteiger partial charge < -0.3 is 14.9 Å². The van der Waals surface area contributed by atoms with Gasteiger partial charge in [0.15, 0.2) is 0 Å². The summed E-state index contributed by atoms with van der Waals surface area (Å²) in [4.78, 5) is 12.0. The Morgan fingerprint density at radius 3 is 2.33 bits per heavy atom. The van der Waals surface area contributed by atoms with Crippen LogP contribution in [-0.2, 0) is 9.53 Å². The van der Waals surface area contributed by atoms with Crippen molar-refractivity contribution in [3.8, 4) is 0 Å². The number of ether oxygens (including phenoxy) is 1. The summed E-state index contributed by atoms with van der Waals surface area (Å²) < 4.78 is 5.73. The molecule has 0 amide bonds. The fourth-order valence-electron chi connectivity index (χ4n) is 10.7. The van der Waals surface area contributed by atoms with E-state index >= 15 is 0 Å². The largest absolute Gasteiger partial charge is 0.460 e. The molecule has 0 aromatic heterocycles. The Kier molecular flexibility index (Phi) is 5.84. The van der Waals surface area contributed by atoms with Crippen LogP contribution in [0.25, 0.3) is 0 Å². The van der Waals surface area contributed by atoms with Crippen LogP contribution in [0.15, 0.2) is 23.3 Å². The van der Waals surface area contributed by atoms with Gasteiger partial charge in [0.25, 0.3) is 0 Å². The van der Waals surface area contributed by atoms with Gasteiger partial charge in [0, 0.05) is 18.3 Å². The number of rotatable bonds is 1. The van der Waals surface area contributed by atoms with E-state index < -0.39 is 23.7 Å². The first-order valence-electron chi connectivity index (χ1n) is 14.5. The first-order chi connectivity index (χ1) is 16.5. The topological polar surface area (TPSA) is 66.8 Å². The average Bonchev–Trinajstić information content (AvgIpc) is 2.76. The van der Waals surface area contributed by atoms with Gasteiger partial charge in [0.2, 0.25) is 0 Å². The molecule has 0 spiro atoms. The average molecular weight is 499 g/mol. The molecule has 5 aliphatic carbocycles. The summed E-state index contributed by atoms with van der Waals surface area (Å²) in [6.45, 7) is 20.2. The first kappa shape index (κ1) is 26.5. The lowest BCUT2D eigenvalue weighted by Crippen LogP contribution is -2.66. The smallest absolute Gasteiger partial charge is 0.302 e. The predicted molar refractivity (Wildman–Crippen MR) is 143 cm³/mol.